The molecule has 0 spiro atoms. The smallest absolute Gasteiger partial charge is 0.157 e. The number of aromatic nitrogens is 5. The summed E-state index contributed by atoms with van der Waals surface area (Å²) >= 11 is 0. The maximum absolute atomic E-state index is 4.83. The molecule has 1 aliphatic heterocycles. The second-order valence-corrected chi connectivity index (χ2v) is 8.49. The largest absolute Gasteiger partial charge is 0.371 e. The third-order valence-corrected chi connectivity index (χ3v) is 6.28. The van der Waals surface area contributed by atoms with Crippen LogP contribution in [0.2, 0.25) is 0 Å². The van der Waals surface area contributed by atoms with Gasteiger partial charge in [0.15, 0.2) is 5.82 Å². The second kappa shape index (κ2) is 7.23. The Morgan fingerprint density at radius 1 is 0.839 bits per heavy atom. The number of imidazole rings is 2. The first-order valence-corrected chi connectivity index (χ1v) is 10.9. The van der Waals surface area contributed by atoms with E-state index in [9.17, 15) is 0 Å². The topological polar surface area (TPSA) is 73.5 Å². The number of anilines is 1. The van der Waals surface area contributed by atoms with Crippen molar-refractivity contribution in [3.05, 3.63) is 60.8 Å². The number of pyridine rings is 1. The van der Waals surface area contributed by atoms with E-state index >= 15 is 0 Å². The van der Waals surface area contributed by atoms with Crippen LogP contribution in [0.5, 0.6) is 0 Å². The lowest BCUT2D eigenvalue weighted by molar-refractivity contribution is 0.438. The predicted molar refractivity (Wildman–Crippen MR) is 125 cm³/mol. The van der Waals surface area contributed by atoms with Crippen LogP contribution < -0.4 is 4.90 Å². The molecule has 1 aliphatic rings. The number of nitrogens with zero attached hydrogens (tertiary/aromatic N) is 4. The quantitative estimate of drug-likeness (QED) is 0.419. The van der Waals surface area contributed by atoms with Crippen molar-refractivity contribution in [3.63, 3.8) is 0 Å². The van der Waals surface area contributed by atoms with Gasteiger partial charge in [-0.25, -0.2) is 9.97 Å². The van der Waals surface area contributed by atoms with Crippen LogP contribution in [0.15, 0.2) is 60.8 Å². The highest BCUT2D eigenvalue weighted by Gasteiger charge is 2.17. The second-order valence-electron chi connectivity index (χ2n) is 8.49. The number of hydrogen-bond donors (Lipinski definition) is 2. The van der Waals surface area contributed by atoms with Crippen molar-refractivity contribution in [2.75, 3.05) is 18.0 Å². The summed E-state index contributed by atoms with van der Waals surface area (Å²) in [4.78, 5) is 23.3. The average Bonchev–Trinajstić information content (AvgIpc) is 3.43. The predicted octanol–water partition coefficient (Wildman–Crippen LogP) is 5.40. The molecule has 154 valence electrons. The van der Waals surface area contributed by atoms with Crippen LogP contribution in [0, 0.1) is 5.92 Å². The molecule has 0 aliphatic carbocycles. The summed E-state index contributed by atoms with van der Waals surface area (Å²) in [5, 5.41) is 0. The highest BCUT2D eigenvalue weighted by atomic mass is 15.1. The normalized spacial score (nSPS) is 15.2. The minimum absolute atomic E-state index is 0.776. The van der Waals surface area contributed by atoms with E-state index in [0.717, 1.165) is 64.0 Å². The zero-order valence-electron chi connectivity index (χ0n) is 17.5. The van der Waals surface area contributed by atoms with E-state index in [1.807, 2.05) is 24.3 Å². The van der Waals surface area contributed by atoms with Crippen LogP contribution in [0.4, 0.5) is 5.69 Å². The summed E-state index contributed by atoms with van der Waals surface area (Å²) in [7, 11) is 0. The maximum atomic E-state index is 4.83. The number of hydrogen-bond acceptors (Lipinski definition) is 4. The molecule has 0 saturated carbocycles. The summed E-state index contributed by atoms with van der Waals surface area (Å²) in [6.07, 6.45) is 4.30. The number of rotatable bonds is 3. The van der Waals surface area contributed by atoms with Gasteiger partial charge in [-0.3, -0.25) is 4.98 Å². The molecule has 6 heteroatoms. The molecule has 5 aromatic rings. The van der Waals surface area contributed by atoms with Gasteiger partial charge in [0.05, 0.1) is 22.1 Å². The summed E-state index contributed by atoms with van der Waals surface area (Å²) in [5.41, 5.74) is 7.10. The molecule has 6 rings (SSSR count). The Balaban J connectivity index is 1.33. The molecule has 0 unspecified atom stereocenters. The Morgan fingerprint density at radius 2 is 1.58 bits per heavy atom. The van der Waals surface area contributed by atoms with Crippen molar-refractivity contribution in [1.82, 2.24) is 24.9 Å². The van der Waals surface area contributed by atoms with Gasteiger partial charge < -0.3 is 14.9 Å². The highest BCUT2D eigenvalue weighted by Crippen LogP contribution is 2.29. The number of nitrogens with one attached hydrogen (secondary N) is 2. The molecular weight excluding hydrogens is 384 g/mol. The molecule has 1 fully saturated rings. The number of benzene rings is 2. The van der Waals surface area contributed by atoms with E-state index < -0.39 is 0 Å². The summed E-state index contributed by atoms with van der Waals surface area (Å²) in [5.74, 6) is 2.47. The summed E-state index contributed by atoms with van der Waals surface area (Å²) < 4.78 is 0. The van der Waals surface area contributed by atoms with E-state index in [0.29, 0.717) is 0 Å². The maximum Gasteiger partial charge on any atom is 0.157 e. The van der Waals surface area contributed by atoms with Crippen LogP contribution in [-0.2, 0) is 0 Å². The van der Waals surface area contributed by atoms with Gasteiger partial charge in [-0.05, 0) is 67.3 Å². The van der Waals surface area contributed by atoms with Crippen LogP contribution in [-0.4, -0.2) is 38.0 Å². The molecule has 4 heterocycles. The van der Waals surface area contributed by atoms with Gasteiger partial charge in [0.25, 0.3) is 0 Å². The Hall–Kier alpha value is -3.67. The lowest BCUT2D eigenvalue weighted by atomic mass is 9.99. The van der Waals surface area contributed by atoms with E-state index in [1.165, 1.54) is 18.5 Å². The molecule has 0 radical (unpaired) electrons. The molecule has 1 saturated heterocycles. The van der Waals surface area contributed by atoms with E-state index in [-0.39, 0.29) is 0 Å². The van der Waals surface area contributed by atoms with Gasteiger partial charge in [0.1, 0.15) is 11.5 Å². The van der Waals surface area contributed by atoms with Gasteiger partial charge in [-0.15, -0.1) is 0 Å². The molecule has 31 heavy (non-hydrogen) atoms. The van der Waals surface area contributed by atoms with Gasteiger partial charge in [-0.1, -0.05) is 13.0 Å². The number of piperidine rings is 1. The van der Waals surface area contributed by atoms with Gasteiger partial charge in [0.2, 0.25) is 0 Å². The average molecular weight is 409 g/mol. The first-order chi connectivity index (χ1) is 15.2. The third-order valence-electron chi connectivity index (χ3n) is 6.28. The molecule has 6 nitrogen and oxygen atoms in total. The first kappa shape index (κ1) is 18.1. The fraction of sp³-hybridized carbons (Fsp3) is 0.240. The van der Waals surface area contributed by atoms with Crippen molar-refractivity contribution in [2.45, 2.75) is 19.8 Å². The SMILES string of the molecule is CC1CCN(c2ccc3nc(-c4ccc5nc(-c6ccccn6)[nH]c5c4)[nH]c3c2)CC1. The number of H-pyrrole nitrogens is 2. The van der Waals surface area contributed by atoms with Crippen molar-refractivity contribution < 1.29 is 0 Å². The molecular formula is C25H24N6. The molecule has 0 amide bonds. The Kier molecular flexibility index (Phi) is 4.23. The standard InChI is InChI=1S/C25H24N6/c1-16-9-12-31(13-10-16)18-6-8-20-23(15-18)29-24(27-20)17-5-7-19-22(14-17)30-25(28-19)21-4-2-3-11-26-21/h2-8,11,14-16H,9-10,12-13H2,1H3,(H,27,29)(H,28,30). The third kappa shape index (κ3) is 3.34. The molecule has 2 N–H and O–H groups in total. The van der Waals surface area contributed by atoms with Crippen LogP contribution in [0.25, 0.3) is 45.0 Å². The van der Waals surface area contributed by atoms with Gasteiger partial charge in [0, 0.05) is 30.5 Å². The van der Waals surface area contributed by atoms with E-state index in [4.69, 9.17) is 4.98 Å². The zero-order chi connectivity index (χ0) is 20.8. The van der Waals surface area contributed by atoms with Gasteiger partial charge >= 0.3 is 0 Å². The van der Waals surface area contributed by atoms with Crippen LogP contribution >= 0.6 is 0 Å². The fourth-order valence-corrected chi connectivity index (χ4v) is 4.38. The molecule has 0 atom stereocenters. The summed E-state index contributed by atoms with van der Waals surface area (Å²) in [6.45, 7) is 4.60. The first-order valence-electron chi connectivity index (χ1n) is 10.9. The lowest BCUT2D eigenvalue weighted by Gasteiger charge is -2.32. The monoisotopic (exact) mass is 408 g/mol. The molecule has 2 aromatic carbocycles. The van der Waals surface area contributed by atoms with Gasteiger partial charge in [-0.2, -0.15) is 0 Å². The molecule has 3 aromatic heterocycles. The Bertz CT molecular complexity index is 1360. The number of fused-ring (bicyclic) bond motifs is 2. The number of aromatic amines is 2. The van der Waals surface area contributed by atoms with E-state index in [2.05, 4.69) is 62.1 Å². The van der Waals surface area contributed by atoms with E-state index in [1.54, 1.807) is 6.20 Å². The van der Waals surface area contributed by atoms with Crippen molar-refractivity contribution in [2.24, 2.45) is 5.92 Å². The fourth-order valence-electron chi connectivity index (χ4n) is 4.38. The minimum Gasteiger partial charge on any atom is -0.371 e. The molecule has 0 bridgehead atoms. The van der Waals surface area contributed by atoms with Crippen molar-refractivity contribution in [1.29, 1.82) is 0 Å². The van der Waals surface area contributed by atoms with Crippen molar-refractivity contribution >= 4 is 27.8 Å². The van der Waals surface area contributed by atoms with Crippen LogP contribution in [0.1, 0.15) is 19.8 Å². The summed E-state index contributed by atoms with van der Waals surface area (Å²) in [6, 6.07) is 18.6. The minimum atomic E-state index is 0.776. The lowest BCUT2D eigenvalue weighted by Crippen LogP contribution is -2.32. The van der Waals surface area contributed by atoms with Crippen molar-refractivity contribution in [3.8, 4) is 22.9 Å². The zero-order valence-corrected chi connectivity index (χ0v) is 17.5. The van der Waals surface area contributed by atoms with Crippen LogP contribution in [0.3, 0.4) is 0 Å². The Morgan fingerprint density at radius 3 is 2.39 bits per heavy atom. The highest BCUT2D eigenvalue weighted by molar-refractivity contribution is 5.86. The Labute approximate surface area is 180 Å².